The van der Waals surface area contributed by atoms with Gasteiger partial charge in [-0.1, -0.05) is 12.1 Å². The van der Waals surface area contributed by atoms with E-state index in [0.29, 0.717) is 28.1 Å². The number of ether oxygens (including phenoxy) is 1. The second-order valence-electron chi connectivity index (χ2n) is 7.23. The molecule has 7 heteroatoms. The summed E-state index contributed by atoms with van der Waals surface area (Å²) in [6, 6.07) is 11.0. The third kappa shape index (κ3) is 5.63. The van der Waals surface area contributed by atoms with Crippen LogP contribution in [0.2, 0.25) is 0 Å². The molecule has 0 aliphatic rings. The van der Waals surface area contributed by atoms with E-state index in [9.17, 15) is 13.2 Å². The Kier molecular flexibility index (Phi) is 6.95. The molecule has 0 N–H and O–H groups in total. The first kappa shape index (κ1) is 22.3. The van der Waals surface area contributed by atoms with Gasteiger partial charge in [-0.05, 0) is 62.2 Å². The fraction of sp³-hybridized carbons (Fsp3) is 0.250. The molecule has 1 heterocycles. The second kappa shape index (κ2) is 9.64. The number of aryl methyl sites for hydroxylation is 1. The first-order chi connectivity index (χ1) is 14.8. The topological polar surface area (TPSA) is 37.7 Å². The summed E-state index contributed by atoms with van der Waals surface area (Å²) in [5.41, 5.74) is 2.88. The van der Waals surface area contributed by atoms with Crippen LogP contribution in [0.4, 0.5) is 18.9 Å². The Morgan fingerprint density at radius 3 is 2.29 bits per heavy atom. The summed E-state index contributed by atoms with van der Waals surface area (Å²) in [6.07, 6.45) is 1.04. The zero-order valence-corrected chi connectivity index (χ0v) is 17.9. The number of pyridine rings is 1. The average Bonchev–Trinajstić information content (AvgIpc) is 2.73. The van der Waals surface area contributed by atoms with Crippen molar-refractivity contribution in [1.29, 1.82) is 0 Å². The standard InChI is InChI=1S/C24H24F3N3O/c1-5-30(4)14-28-23-13-22(17-6-8-19(25)9-7-17)24(29-15(23)2)31-16(3)18-10-20(26)12-21(27)11-18/h6-14,16H,5H2,1-4H3. The largest absolute Gasteiger partial charge is 0.469 e. The summed E-state index contributed by atoms with van der Waals surface area (Å²) < 4.78 is 46.7. The fourth-order valence-electron chi connectivity index (χ4n) is 2.92. The predicted molar refractivity (Wildman–Crippen MR) is 116 cm³/mol. The molecule has 3 rings (SSSR count). The molecule has 3 aromatic rings. The van der Waals surface area contributed by atoms with Crippen molar-refractivity contribution in [3.63, 3.8) is 0 Å². The van der Waals surface area contributed by atoms with Crippen LogP contribution in [0.5, 0.6) is 5.88 Å². The van der Waals surface area contributed by atoms with Crippen molar-refractivity contribution in [1.82, 2.24) is 9.88 Å². The van der Waals surface area contributed by atoms with E-state index < -0.39 is 17.7 Å². The van der Waals surface area contributed by atoms with Crippen LogP contribution in [0.3, 0.4) is 0 Å². The van der Waals surface area contributed by atoms with Crippen LogP contribution in [0.1, 0.15) is 31.2 Å². The van der Waals surface area contributed by atoms with Crippen LogP contribution in [0, 0.1) is 24.4 Å². The quantitative estimate of drug-likeness (QED) is 0.332. The molecule has 0 amide bonds. The molecule has 4 nitrogen and oxygen atoms in total. The van der Waals surface area contributed by atoms with E-state index >= 15 is 0 Å². The van der Waals surface area contributed by atoms with Crippen molar-refractivity contribution < 1.29 is 17.9 Å². The van der Waals surface area contributed by atoms with Gasteiger partial charge in [0.25, 0.3) is 0 Å². The summed E-state index contributed by atoms with van der Waals surface area (Å²) in [4.78, 5) is 11.0. The fourth-order valence-corrected chi connectivity index (χ4v) is 2.92. The average molecular weight is 427 g/mol. The number of nitrogens with zero attached hydrogens (tertiary/aromatic N) is 3. The molecule has 0 aliphatic carbocycles. The smallest absolute Gasteiger partial charge is 0.222 e. The van der Waals surface area contributed by atoms with E-state index in [1.54, 1.807) is 32.3 Å². The highest BCUT2D eigenvalue weighted by molar-refractivity contribution is 5.74. The summed E-state index contributed by atoms with van der Waals surface area (Å²) in [7, 11) is 1.91. The Morgan fingerprint density at radius 1 is 1.03 bits per heavy atom. The van der Waals surface area contributed by atoms with Gasteiger partial charge in [0.05, 0.1) is 17.7 Å². The molecule has 1 atom stereocenters. The number of aromatic nitrogens is 1. The maximum absolute atomic E-state index is 13.6. The molecule has 0 aliphatic heterocycles. The van der Waals surface area contributed by atoms with Gasteiger partial charge >= 0.3 is 0 Å². The monoisotopic (exact) mass is 427 g/mol. The lowest BCUT2D eigenvalue weighted by molar-refractivity contribution is 0.217. The lowest BCUT2D eigenvalue weighted by Gasteiger charge is -2.19. The molecule has 1 aromatic heterocycles. The second-order valence-corrected chi connectivity index (χ2v) is 7.23. The van der Waals surface area contributed by atoms with Crippen LogP contribution >= 0.6 is 0 Å². The van der Waals surface area contributed by atoms with Crippen molar-refractivity contribution in [3.05, 3.63) is 77.2 Å². The third-order valence-electron chi connectivity index (χ3n) is 4.84. The highest BCUT2D eigenvalue weighted by Crippen LogP contribution is 2.36. The highest BCUT2D eigenvalue weighted by atomic mass is 19.1. The van der Waals surface area contributed by atoms with Gasteiger partial charge in [-0.3, -0.25) is 0 Å². The van der Waals surface area contributed by atoms with Gasteiger partial charge in [0.1, 0.15) is 23.6 Å². The van der Waals surface area contributed by atoms with Crippen molar-refractivity contribution in [2.75, 3.05) is 13.6 Å². The van der Waals surface area contributed by atoms with E-state index in [1.165, 1.54) is 24.3 Å². The molecule has 2 aromatic carbocycles. The van der Waals surface area contributed by atoms with Crippen molar-refractivity contribution in [2.24, 2.45) is 4.99 Å². The van der Waals surface area contributed by atoms with E-state index in [1.807, 2.05) is 24.9 Å². The van der Waals surface area contributed by atoms with Crippen LogP contribution in [0.25, 0.3) is 11.1 Å². The third-order valence-corrected chi connectivity index (χ3v) is 4.84. The van der Waals surface area contributed by atoms with Gasteiger partial charge in [0.15, 0.2) is 0 Å². The van der Waals surface area contributed by atoms with Gasteiger partial charge in [-0.25, -0.2) is 23.1 Å². The minimum Gasteiger partial charge on any atom is -0.469 e. The Morgan fingerprint density at radius 2 is 1.68 bits per heavy atom. The number of hydrogen-bond donors (Lipinski definition) is 0. The number of halogens is 3. The van der Waals surface area contributed by atoms with Gasteiger partial charge in [0.2, 0.25) is 5.88 Å². The summed E-state index contributed by atoms with van der Waals surface area (Å²) in [5, 5.41) is 0. The summed E-state index contributed by atoms with van der Waals surface area (Å²) >= 11 is 0. The minimum atomic E-state index is -0.682. The van der Waals surface area contributed by atoms with Gasteiger partial charge < -0.3 is 9.64 Å². The first-order valence-corrected chi connectivity index (χ1v) is 9.91. The van der Waals surface area contributed by atoms with Crippen LogP contribution < -0.4 is 4.74 Å². The minimum absolute atomic E-state index is 0.268. The Bertz CT molecular complexity index is 1060. The van der Waals surface area contributed by atoms with Gasteiger partial charge in [-0.2, -0.15) is 0 Å². The Balaban J connectivity index is 2.04. The lowest BCUT2D eigenvalue weighted by atomic mass is 10.1. The molecule has 31 heavy (non-hydrogen) atoms. The van der Waals surface area contributed by atoms with E-state index in [2.05, 4.69) is 9.98 Å². The maximum atomic E-state index is 13.6. The summed E-state index contributed by atoms with van der Waals surface area (Å²) in [6.45, 7) is 6.28. The van der Waals surface area contributed by atoms with Crippen LogP contribution in [-0.2, 0) is 0 Å². The van der Waals surface area contributed by atoms with Crippen LogP contribution in [0.15, 0.2) is 53.5 Å². The Labute approximate surface area is 180 Å². The zero-order valence-electron chi connectivity index (χ0n) is 17.9. The molecule has 162 valence electrons. The first-order valence-electron chi connectivity index (χ1n) is 9.91. The van der Waals surface area contributed by atoms with Crippen LogP contribution in [-0.4, -0.2) is 29.8 Å². The molecule has 0 bridgehead atoms. The molecular formula is C24H24F3N3O. The highest BCUT2D eigenvalue weighted by Gasteiger charge is 2.17. The van der Waals surface area contributed by atoms with E-state index in [0.717, 1.165) is 12.6 Å². The van der Waals surface area contributed by atoms with Crippen molar-refractivity contribution >= 4 is 12.0 Å². The Hall–Kier alpha value is -3.35. The lowest BCUT2D eigenvalue weighted by Crippen LogP contribution is -2.14. The molecule has 0 radical (unpaired) electrons. The molecule has 0 spiro atoms. The van der Waals surface area contributed by atoms with Crippen molar-refractivity contribution in [2.45, 2.75) is 26.9 Å². The number of rotatable bonds is 7. The molecule has 0 saturated heterocycles. The summed E-state index contributed by atoms with van der Waals surface area (Å²) in [5.74, 6) is -1.46. The van der Waals surface area contributed by atoms with Gasteiger partial charge in [-0.15, -0.1) is 0 Å². The van der Waals surface area contributed by atoms with Crippen molar-refractivity contribution in [3.8, 4) is 17.0 Å². The number of aliphatic imine (C=N–C) groups is 1. The molecular weight excluding hydrogens is 403 g/mol. The molecule has 1 unspecified atom stereocenters. The predicted octanol–water partition coefficient (Wildman–Crippen LogP) is 6.23. The number of hydrogen-bond acceptors (Lipinski definition) is 3. The van der Waals surface area contributed by atoms with E-state index in [4.69, 9.17) is 4.74 Å². The van der Waals surface area contributed by atoms with E-state index in [-0.39, 0.29) is 11.7 Å². The molecule has 0 fully saturated rings. The SMILES string of the molecule is CCN(C)C=Nc1cc(-c2ccc(F)cc2)c(OC(C)c2cc(F)cc(F)c2)nc1C. The number of benzene rings is 2. The normalized spacial score (nSPS) is 12.2. The maximum Gasteiger partial charge on any atom is 0.222 e. The molecule has 0 saturated carbocycles. The van der Waals surface area contributed by atoms with Gasteiger partial charge in [0, 0.05) is 25.2 Å². The zero-order chi connectivity index (χ0) is 22.5.